The number of aliphatic carboxylic acids is 2. The lowest BCUT2D eigenvalue weighted by molar-refractivity contribution is -0.251. The van der Waals surface area contributed by atoms with Crippen LogP contribution in [0.3, 0.4) is 0 Å². The van der Waals surface area contributed by atoms with Crippen molar-refractivity contribution >= 4 is 23.9 Å². The van der Waals surface area contributed by atoms with Gasteiger partial charge in [-0.25, -0.2) is 9.59 Å². The van der Waals surface area contributed by atoms with Crippen LogP contribution in [0.25, 0.3) is 0 Å². The molecule has 2 N–H and O–H groups in total. The first-order valence-electron chi connectivity index (χ1n) is 11.0. The number of hydrogen-bond donors (Lipinski definition) is 2. The van der Waals surface area contributed by atoms with E-state index in [9.17, 15) is 29.4 Å². The Morgan fingerprint density at radius 1 is 0.781 bits per heavy atom. The molecule has 0 aromatic rings. The second-order valence-electron chi connectivity index (χ2n) is 9.97. The minimum atomic E-state index is -1.28. The third-order valence-electron chi connectivity index (χ3n) is 8.09. The van der Waals surface area contributed by atoms with Crippen LogP contribution in [0.1, 0.15) is 58.8 Å². The molecule has 0 radical (unpaired) electrons. The molecule has 0 atom stereocenters. The molecule has 4 fully saturated rings. The van der Waals surface area contributed by atoms with E-state index in [1.807, 2.05) is 0 Å². The molecule has 8 heteroatoms. The minimum absolute atomic E-state index is 0.0266. The molecule has 0 aliphatic heterocycles. The Morgan fingerprint density at radius 2 is 1.12 bits per heavy atom. The predicted octanol–water partition coefficient (Wildman–Crippen LogP) is 3.36. The van der Waals surface area contributed by atoms with Crippen molar-refractivity contribution < 1.29 is 38.9 Å². The summed E-state index contributed by atoms with van der Waals surface area (Å²) in [5.74, 6) is -3.19. The Morgan fingerprint density at radius 3 is 1.41 bits per heavy atom. The van der Waals surface area contributed by atoms with Gasteiger partial charge in [0.05, 0.1) is 24.0 Å². The molecule has 32 heavy (non-hydrogen) atoms. The first kappa shape index (κ1) is 24.0. The maximum absolute atomic E-state index is 12.8. The molecular formula is C24H32O8. The average molecular weight is 449 g/mol. The van der Waals surface area contributed by atoms with Crippen molar-refractivity contribution in [3.8, 4) is 0 Å². The van der Waals surface area contributed by atoms with Crippen molar-refractivity contribution in [2.45, 2.75) is 58.8 Å². The van der Waals surface area contributed by atoms with E-state index in [0.717, 1.165) is 6.42 Å². The number of carbonyl (C=O) groups excluding carboxylic acids is 2. The third kappa shape index (κ3) is 3.53. The summed E-state index contributed by atoms with van der Waals surface area (Å²) in [7, 11) is 0. The summed E-state index contributed by atoms with van der Waals surface area (Å²) in [5.41, 5.74) is -3.36. The molecule has 0 spiro atoms. The molecule has 4 aliphatic carbocycles. The van der Waals surface area contributed by atoms with Crippen LogP contribution < -0.4 is 0 Å². The minimum Gasteiger partial charge on any atom is -0.481 e. The maximum Gasteiger partial charge on any atom is 0.333 e. The van der Waals surface area contributed by atoms with Gasteiger partial charge in [-0.3, -0.25) is 9.59 Å². The zero-order valence-electron chi connectivity index (χ0n) is 18.8. The Balaban J connectivity index is 2.03. The van der Waals surface area contributed by atoms with Crippen molar-refractivity contribution in [1.82, 2.24) is 0 Å². The highest BCUT2D eigenvalue weighted by atomic mass is 16.5. The normalized spacial score (nSPS) is 31.6. The van der Waals surface area contributed by atoms with Gasteiger partial charge in [0.25, 0.3) is 0 Å². The van der Waals surface area contributed by atoms with Gasteiger partial charge in [0.2, 0.25) is 0 Å². The Hall–Kier alpha value is -2.64. The average Bonchev–Trinajstić information content (AvgIpc) is 2.69. The first-order chi connectivity index (χ1) is 14.9. The molecular weight excluding hydrogens is 416 g/mol. The quantitative estimate of drug-likeness (QED) is 0.385. The SMILES string of the molecule is C=C(C)C(=O)OCCC1(CCOC(=O)C(=C)C)C2(C(=O)O)CC3CC(C2)CC1(C(=O)O)C3. The van der Waals surface area contributed by atoms with Crippen LogP contribution in [0.15, 0.2) is 24.3 Å². The lowest BCUT2D eigenvalue weighted by Crippen LogP contribution is -2.70. The Bertz CT molecular complexity index is 787. The number of carbonyl (C=O) groups is 4. The topological polar surface area (TPSA) is 127 Å². The van der Waals surface area contributed by atoms with E-state index < -0.39 is 40.1 Å². The van der Waals surface area contributed by atoms with Gasteiger partial charge < -0.3 is 19.7 Å². The summed E-state index contributed by atoms with van der Waals surface area (Å²) in [6.07, 6.45) is 2.51. The predicted molar refractivity (Wildman–Crippen MR) is 113 cm³/mol. The van der Waals surface area contributed by atoms with E-state index in [0.29, 0.717) is 25.7 Å². The number of rotatable bonds is 10. The van der Waals surface area contributed by atoms with Crippen LogP contribution in [0, 0.1) is 28.1 Å². The molecule has 4 rings (SSSR count). The molecule has 4 saturated carbocycles. The summed E-state index contributed by atoms with van der Waals surface area (Å²) in [5, 5.41) is 20.9. The fraction of sp³-hybridized carbons (Fsp3) is 0.667. The van der Waals surface area contributed by atoms with Crippen molar-refractivity contribution in [1.29, 1.82) is 0 Å². The van der Waals surface area contributed by atoms with Crippen LogP contribution in [0.2, 0.25) is 0 Å². The molecule has 0 aromatic heterocycles. The first-order valence-corrected chi connectivity index (χ1v) is 11.0. The zero-order valence-corrected chi connectivity index (χ0v) is 18.8. The van der Waals surface area contributed by atoms with E-state index >= 15 is 0 Å². The monoisotopic (exact) mass is 448 g/mol. The summed E-state index contributed by atoms with van der Waals surface area (Å²) >= 11 is 0. The van der Waals surface area contributed by atoms with Gasteiger partial charge in [0, 0.05) is 16.6 Å². The number of esters is 2. The van der Waals surface area contributed by atoms with E-state index in [4.69, 9.17) is 9.47 Å². The molecule has 0 unspecified atom stereocenters. The fourth-order valence-corrected chi connectivity index (χ4v) is 7.05. The second-order valence-corrected chi connectivity index (χ2v) is 9.97. The van der Waals surface area contributed by atoms with Crippen LogP contribution in [0.5, 0.6) is 0 Å². The van der Waals surface area contributed by atoms with Crippen molar-refractivity contribution in [2.24, 2.45) is 28.1 Å². The summed E-state index contributed by atoms with van der Waals surface area (Å²) in [6.45, 7) is 9.87. The smallest absolute Gasteiger partial charge is 0.333 e. The number of carboxylic acids is 2. The maximum atomic E-state index is 12.8. The summed E-state index contributed by atoms with van der Waals surface area (Å²) in [4.78, 5) is 49.5. The van der Waals surface area contributed by atoms with Gasteiger partial charge in [-0.2, -0.15) is 0 Å². The summed E-state index contributed by atoms with van der Waals surface area (Å²) < 4.78 is 10.6. The van der Waals surface area contributed by atoms with Crippen molar-refractivity contribution in [3.05, 3.63) is 24.3 Å². The summed E-state index contributed by atoms with van der Waals surface area (Å²) in [6, 6.07) is 0. The molecule has 4 bridgehead atoms. The number of carboxylic acid groups (broad SMARTS) is 2. The standard InChI is InChI=1S/C24H32O8/c1-14(2)18(25)31-7-5-24(6-8-32-19(26)15(3)4)22(20(27)28)10-16-9-17(12-22)13-23(24,11-16)21(29)30/h16-17H,1,3,5-13H2,2,4H3,(H,27,28)(H,29,30). The van der Waals surface area contributed by atoms with Gasteiger partial charge in [-0.05, 0) is 70.6 Å². The third-order valence-corrected chi connectivity index (χ3v) is 8.09. The highest BCUT2D eigenvalue weighted by Crippen LogP contribution is 2.76. The van der Waals surface area contributed by atoms with E-state index in [1.54, 1.807) is 0 Å². The lowest BCUT2D eigenvalue weighted by atomic mass is 9.32. The van der Waals surface area contributed by atoms with Gasteiger partial charge in [-0.1, -0.05) is 13.2 Å². The molecule has 0 heterocycles. The molecule has 0 amide bonds. The van der Waals surface area contributed by atoms with Gasteiger partial charge >= 0.3 is 23.9 Å². The van der Waals surface area contributed by atoms with Crippen LogP contribution in [0.4, 0.5) is 0 Å². The second kappa shape index (κ2) is 8.37. The highest BCUT2D eigenvalue weighted by Gasteiger charge is 2.76. The largest absolute Gasteiger partial charge is 0.481 e. The van der Waals surface area contributed by atoms with Crippen molar-refractivity contribution in [3.63, 3.8) is 0 Å². The molecule has 8 nitrogen and oxygen atoms in total. The van der Waals surface area contributed by atoms with Gasteiger partial charge in [-0.15, -0.1) is 0 Å². The zero-order chi connectivity index (χ0) is 23.9. The molecule has 176 valence electrons. The van der Waals surface area contributed by atoms with Gasteiger partial charge in [0.15, 0.2) is 0 Å². The highest BCUT2D eigenvalue weighted by molar-refractivity contribution is 5.87. The van der Waals surface area contributed by atoms with Crippen LogP contribution in [-0.2, 0) is 28.7 Å². The number of ether oxygens (including phenoxy) is 2. The molecule has 4 aliphatic rings. The van der Waals surface area contributed by atoms with Crippen LogP contribution >= 0.6 is 0 Å². The number of hydrogen-bond acceptors (Lipinski definition) is 6. The van der Waals surface area contributed by atoms with Crippen LogP contribution in [-0.4, -0.2) is 47.3 Å². The van der Waals surface area contributed by atoms with E-state index in [-0.39, 0.29) is 49.0 Å². The Labute approximate surface area is 187 Å². The van der Waals surface area contributed by atoms with Crippen molar-refractivity contribution in [2.75, 3.05) is 13.2 Å². The van der Waals surface area contributed by atoms with E-state index in [1.165, 1.54) is 13.8 Å². The van der Waals surface area contributed by atoms with E-state index in [2.05, 4.69) is 13.2 Å². The molecule has 0 aromatic carbocycles. The fourth-order valence-electron chi connectivity index (χ4n) is 7.05. The lowest BCUT2D eigenvalue weighted by Gasteiger charge is -2.69. The van der Waals surface area contributed by atoms with Gasteiger partial charge in [0.1, 0.15) is 0 Å². The molecule has 0 saturated heterocycles. The Kier molecular flexibility index (Phi) is 6.28.